The molecule has 1 amide bonds. The number of aromatic nitrogens is 1. The van der Waals surface area contributed by atoms with Crippen molar-refractivity contribution in [2.24, 2.45) is 9.52 Å². The minimum atomic E-state index is -4.89. The average molecular weight is 716 g/mol. The Morgan fingerprint density at radius 1 is 0.957 bits per heavy atom. The molecule has 4 aromatic rings. The summed E-state index contributed by atoms with van der Waals surface area (Å²) in [6, 6.07) is 14.5. The second-order valence-corrected chi connectivity index (χ2v) is 13.6. The lowest BCUT2D eigenvalue weighted by Gasteiger charge is -2.29. The molecule has 2 atom stereocenters. The average Bonchev–Trinajstić information content (AvgIpc) is 3.44. The molecule has 0 fully saturated rings. The number of ether oxygens (including phenoxy) is 1. The van der Waals surface area contributed by atoms with Crippen LogP contribution in [0.3, 0.4) is 0 Å². The molecular weight excluding hydrogens is 695 g/mol. The van der Waals surface area contributed by atoms with E-state index in [2.05, 4.69) is 14.5 Å². The molecule has 1 aliphatic rings. The van der Waals surface area contributed by atoms with Crippen LogP contribution in [0.1, 0.15) is 39.0 Å². The fourth-order valence-electron chi connectivity index (χ4n) is 4.71. The third kappa shape index (κ3) is 7.24. The fraction of sp³-hybridized carbons (Fsp3) is 0.194. The normalized spacial score (nSPS) is 17.8. The molecule has 2 unspecified atom stereocenters. The Labute approximate surface area is 274 Å². The summed E-state index contributed by atoms with van der Waals surface area (Å²) in [6.45, 7) is 1.53. The van der Waals surface area contributed by atoms with Crippen molar-refractivity contribution < 1.29 is 44.9 Å². The van der Waals surface area contributed by atoms with Crippen LogP contribution in [0.25, 0.3) is 0 Å². The van der Waals surface area contributed by atoms with Gasteiger partial charge in [0, 0.05) is 51.0 Å². The van der Waals surface area contributed by atoms with Gasteiger partial charge in [-0.05, 0) is 78.7 Å². The lowest BCUT2D eigenvalue weighted by Crippen LogP contribution is -2.42. The van der Waals surface area contributed by atoms with Gasteiger partial charge in [0.15, 0.2) is 0 Å². The number of rotatable bonds is 6. The van der Waals surface area contributed by atoms with Crippen molar-refractivity contribution in [2.75, 3.05) is 6.26 Å². The number of carbonyl (C=O) groups excluding carboxylic acids is 1. The first-order valence-corrected chi connectivity index (χ1v) is 16.0. The maximum atomic E-state index is 14.4. The van der Waals surface area contributed by atoms with E-state index in [1.807, 2.05) is 0 Å². The molecule has 246 valence electrons. The van der Waals surface area contributed by atoms with E-state index < -0.39 is 45.6 Å². The fourth-order valence-corrected chi connectivity index (χ4v) is 6.40. The maximum absolute atomic E-state index is 14.4. The second-order valence-electron chi connectivity index (χ2n) is 10.5. The summed E-state index contributed by atoms with van der Waals surface area (Å²) in [6.07, 6.45) is -8.00. The number of oxime groups is 1. The van der Waals surface area contributed by atoms with Gasteiger partial charge in [-0.1, -0.05) is 34.4 Å². The van der Waals surface area contributed by atoms with Gasteiger partial charge in [-0.2, -0.15) is 30.7 Å². The number of benzene rings is 3. The number of pyridine rings is 1. The predicted molar refractivity (Wildman–Crippen MR) is 162 cm³/mol. The molecule has 0 radical (unpaired) electrons. The summed E-state index contributed by atoms with van der Waals surface area (Å²) < 4.78 is 105. The number of halogens is 8. The van der Waals surface area contributed by atoms with Crippen LogP contribution >= 0.6 is 23.2 Å². The van der Waals surface area contributed by atoms with E-state index in [4.69, 9.17) is 32.8 Å². The van der Waals surface area contributed by atoms with Gasteiger partial charge in [0.1, 0.15) is 5.75 Å². The van der Waals surface area contributed by atoms with Gasteiger partial charge in [0.05, 0.1) is 21.0 Å². The van der Waals surface area contributed by atoms with Crippen molar-refractivity contribution in [1.82, 2.24) is 4.98 Å². The summed E-state index contributed by atoms with van der Waals surface area (Å²) in [4.78, 5) is 22.0. The topological polar surface area (TPSA) is 90.2 Å². The molecule has 7 nitrogen and oxygen atoms in total. The highest BCUT2D eigenvalue weighted by Gasteiger charge is 2.62. The highest BCUT2D eigenvalue weighted by atomic mass is 35.5. The summed E-state index contributed by atoms with van der Waals surface area (Å²) in [5.41, 5.74) is -3.54. The van der Waals surface area contributed by atoms with Crippen molar-refractivity contribution >= 4 is 44.5 Å². The summed E-state index contributed by atoms with van der Waals surface area (Å²) in [5.74, 6) is -1.06. The molecule has 0 aliphatic carbocycles. The molecule has 0 saturated carbocycles. The van der Waals surface area contributed by atoms with Crippen LogP contribution in [-0.4, -0.2) is 33.2 Å². The zero-order valence-corrected chi connectivity index (χ0v) is 26.4. The van der Waals surface area contributed by atoms with Crippen molar-refractivity contribution in [3.8, 4) is 11.6 Å². The van der Waals surface area contributed by atoms with Crippen LogP contribution in [0, 0.1) is 6.92 Å². The molecule has 0 N–H and O–H groups in total. The minimum Gasteiger partial charge on any atom is -0.439 e. The number of nitrogens with zero attached hydrogens (tertiary/aromatic N) is 3. The van der Waals surface area contributed by atoms with Gasteiger partial charge >= 0.3 is 12.4 Å². The quantitative estimate of drug-likeness (QED) is 0.186. The maximum Gasteiger partial charge on any atom is 0.435 e. The van der Waals surface area contributed by atoms with Crippen LogP contribution in [0.2, 0.25) is 10.0 Å². The summed E-state index contributed by atoms with van der Waals surface area (Å²) in [5, 5.41) is 3.69. The molecule has 1 aliphatic heterocycles. The lowest BCUT2D eigenvalue weighted by atomic mass is 9.86. The van der Waals surface area contributed by atoms with E-state index in [0.717, 1.165) is 30.5 Å². The number of amides is 1. The van der Waals surface area contributed by atoms with Crippen LogP contribution in [-0.2, 0) is 26.3 Å². The molecule has 3 aromatic carbocycles. The first-order chi connectivity index (χ1) is 21.9. The summed E-state index contributed by atoms with van der Waals surface area (Å²) >= 11 is 11.9. The molecule has 0 bridgehead atoms. The Morgan fingerprint density at radius 2 is 1.62 bits per heavy atom. The Morgan fingerprint density at radius 3 is 2.21 bits per heavy atom. The van der Waals surface area contributed by atoms with Crippen molar-refractivity contribution in [3.63, 3.8) is 0 Å². The van der Waals surface area contributed by atoms with Crippen molar-refractivity contribution in [3.05, 3.63) is 117 Å². The molecule has 1 aromatic heterocycles. The lowest BCUT2D eigenvalue weighted by molar-refractivity contribution is -0.275. The van der Waals surface area contributed by atoms with Crippen LogP contribution in [0.4, 0.5) is 26.3 Å². The first kappa shape index (κ1) is 34.2. The summed E-state index contributed by atoms with van der Waals surface area (Å²) in [7, 11) is -3.32. The molecule has 47 heavy (non-hydrogen) atoms. The number of hydrogen-bond donors (Lipinski definition) is 0. The highest BCUT2D eigenvalue weighted by molar-refractivity contribution is 7.93. The zero-order valence-electron chi connectivity index (χ0n) is 24.1. The molecule has 5 rings (SSSR count). The second kappa shape index (κ2) is 12.5. The minimum absolute atomic E-state index is 0.0140. The number of aryl methyl sites for hydroxylation is 1. The van der Waals surface area contributed by atoms with Crippen molar-refractivity contribution in [1.29, 1.82) is 0 Å². The molecule has 0 spiro atoms. The van der Waals surface area contributed by atoms with E-state index >= 15 is 0 Å². The third-order valence-electron chi connectivity index (χ3n) is 7.11. The van der Waals surface area contributed by atoms with E-state index in [-0.39, 0.29) is 49.0 Å². The Balaban J connectivity index is 1.34. The van der Waals surface area contributed by atoms with E-state index in [1.54, 1.807) is 0 Å². The predicted octanol–water partition coefficient (Wildman–Crippen LogP) is 9.39. The van der Waals surface area contributed by atoms with E-state index in [0.29, 0.717) is 5.56 Å². The van der Waals surface area contributed by atoms with Crippen molar-refractivity contribution in [2.45, 2.75) is 36.2 Å². The van der Waals surface area contributed by atoms with E-state index in [9.17, 15) is 35.3 Å². The smallest absolute Gasteiger partial charge is 0.435 e. The number of alkyl halides is 6. The molecule has 0 saturated heterocycles. The monoisotopic (exact) mass is 715 g/mol. The molecular formula is C31H21Cl2F6N3O4S. The largest absolute Gasteiger partial charge is 0.439 e. The van der Waals surface area contributed by atoms with Gasteiger partial charge in [-0.15, -0.1) is 0 Å². The van der Waals surface area contributed by atoms with Crippen LogP contribution < -0.4 is 4.74 Å². The standard InChI is InChI=1S/C31H21Cl2F6N3O4S/c1-17-11-18(26-16-29(46-41-26,31(37,38)39)20-12-21(32)15-22(33)13-20)3-8-25(17)28(43)42-47(2,44)24-6-4-23(5-7-24)45-27-14-19(9-10-40-27)30(34,35)36/h3-15H,16H2,1-2H3. The highest BCUT2D eigenvalue weighted by Crippen LogP contribution is 2.49. The Hall–Kier alpha value is -4.14. The zero-order chi connectivity index (χ0) is 34.4. The SMILES string of the molecule is Cc1cc(C2=NOC(c3cc(Cl)cc(Cl)c3)(C(F)(F)F)C2)ccc1C(=O)N=S(C)(=O)c1ccc(Oc2cc(C(F)(F)F)ccn2)cc1. The Bertz CT molecular complexity index is 2010. The number of hydrogen-bond acceptors (Lipinski definition) is 6. The first-order valence-electron chi connectivity index (χ1n) is 13.3. The van der Waals surface area contributed by atoms with Gasteiger partial charge < -0.3 is 9.57 Å². The third-order valence-corrected chi connectivity index (χ3v) is 9.21. The van der Waals surface area contributed by atoms with Gasteiger partial charge in [0.25, 0.3) is 11.5 Å². The molecule has 2 heterocycles. The Kier molecular flexibility index (Phi) is 9.07. The van der Waals surface area contributed by atoms with Crippen LogP contribution in [0.5, 0.6) is 11.6 Å². The van der Waals surface area contributed by atoms with Gasteiger partial charge in [-0.3, -0.25) is 4.79 Å². The number of carbonyl (C=O) groups is 1. The molecule has 16 heteroatoms. The van der Waals surface area contributed by atoms with Gasteiger partial charge in [-0.25, -0.2) is 9.19 Å². The van der Waals surface area contributed by atoms with E-state index in [1.165, 1.54) is 61.7 Å². The van der Waals surface area contributed by atoms with Crippen LogP contribution in [0.15, 0.2) is 93.4 Å². The van der Waals surface area contributed by atoms with Gasteiger partial charge in [0.2, 0.25) is 5.88 Å².